The van der Waals surface area contributed by atoms with Crippen molar-refractivity contribution in [3.8, 4) is 28.5 Å². The molecular weight excluding hydrogens is 487 g/mol. The second kappa shape index (κ2) is 13.5. The van der Waals surface area contributed by atoms with Crippen LogP contribution in [-0.2, 0) is 17.8 Å². The van der Waals surface area contributed by atoms with Crippen LogP contribution < -0.4 is 39.4 Å². The first-order chi connectivity index (χ1) is 17.0. The molecule has 0 N–H and O–H groups in total. The summed E-state index contributed by atoms with van der Waals surface area (Å²) >= 11 is 1.32. The number of aromatic nitrogens is 3. The van der Waals surface area contributed by atoms with E-state index >= 15 is 0 Å². The van der Waals surface area contributed by atoms with Gasteiger partial charge in [0.15, 0.2) is 0 Å². The summed E-state index contributed by atoms with van der Waals surface area (Å²) in [5, 5.41) is 17.0. The zero-order chi connectivity index (χ0) is 24.6. The quantitative estimate of drug-likeness (QED) is 0.200. The van der Waals surface area contributed by atoms with Crippen LogP contribution in [0.4, 0.5) is 0 Å². The maximum Gasteiger partial charge on any atom is 1.00 e. The van der Waals surface area contributed by atoms with Crippen LogP contribution in [0.2, 0.25) is 0 Å². The summed E-state index contributed by atoms with van der Waals surface area (Å²) in [6.45, 7) is 6.77. The van der Waals surface area contributed by atoms with Gasteiger partial charge in [0.25, 0.3) is 0 Å². The fourth-order valence-corrected chi connectivity index (χ4v) is 4.13. The van der Waals surface area contributed by atoms with E-state index in [1.165, 1.54) is 11.5 Å². The van der Waals surface area contributed by atoms with Crippen LogP contribution in [0.3, 0.4) is 0 Å². The molecule has 2 aromatic carbocycles. The Hall–Kier alpha value is -2.82. The molecule has 0 saturated carbocycles. The van der Waals surface area contributed by atoms with E-state index in [2.05, 4.69) is 21.1 Å². The van der Waals surface area contributed by atoms with E-state index in [9.17, 15) is 9.90 Å². The Bertz CT molecular complexity index is 1280. The number of carboxylic acids is 1. The molecule has 0 amide bonds. The van der Waals surface area contributed by atoms with E-state index in [4.69, 9.17) is 9.15 Å². The normalized spacial score (nSPS) is 10.7. The van der Waals surface area contributed by atoms with Crippen molar-refractivity contribution in [1.29, 1.82) is 0 Å². The monoisotopic (exact) mass is 512 g/mol. The van der Waals surface area contributed by atoms with Crippen molar-refractivity contribution in [1.82, 2.24) is 19.5 Å². The Morgan fingerprint density at radius 2 is 2.00 bits per heavy atom. The number of carbonyl (C=O) groups excluding carboxylic acids is 1. The van der Waals surface area contributed by atoms with Crippen molar-refractivity contribution in [2.24, 2.45) is 0 Å². The molecule has 0 aliphatic carbocycles. The van der Waals surface area contributed by atoms with Crippen molar-refractivity contribution in [3.05, 3.63) is 83.6 Å². The van der Waals surface area contributed by atoms with Gasteiger partial charge >= 0.3 is 29.6 Å². The first kappa shape index (κ1) is 27.8. The molecule has 8 nitrogen and oxygen atoms in total. The van der Waals surface area contributed by atoms with Crippen LogP contribution in [0.5, 0.6) is 5.75 Å². The first-order valence-electron chi connectivity index (χ1n) is 11.1. The molecule has 0 radical (unpaired) electrons. The predicted octanol–water partition coefficient (Wildman–Crippen LogP) is 0.532. The smallest absolute Gasteiger partial charge is 0.549 e. The summed E-state index contributed by atoms with van der Waals surface area (Å²) in [6.07, 6.45) is 2.26. The van der Waals surface area contributed by atoms with Gasteiger partial charge in [0.1, 0.15) is 17.2 Å². The number of nitrogens with zero attached hydrogens (tertiary/aromatic N) is 4. The van der Waals surface area contributed by atoms with Crippen molar-refractivity contribution in [2.45, 2.75) is 19.9 Å². The minimum atomic E-state index is -1.12. The predicted molar refractivity (Wildman–Crippen MR) is 132 cm³/mol. The Balaban J connectivity index is 0.00000361. The number of hydrogen-bond acceptors (Lipinski definition) is 9. The largest absolute Gasteiger partial charge is 1.00 e. The summed E-state index contributed by atoms with van der Waals surface area (Å²) in [5.74, 6) is 0.919. The standard InChI is InChI=1S/C26H26N4O4S.Na/c1-3-12-30(16-25(31)32)15-19-5-4-6-22(14-19)33-13-11-23-18(2)34-26(27-23)21-9-7-20(8-10-21)24-17-35-29-28-24;/h3-10,14,17H,1,11-13,15-16H2,2H3,(H,31,32);/q;+1/p-1. The molecule has 0 atom stereocenters. The summed E-state index contributed by atoms with van der Waals surface area (Å²) in [4.78, 5) is 17.4. The average molecular weight is 513 g/mol. The molecule has 0 fully saturated rings. The summed E-state index contributed by atoms with van der Waals surface area (Å²) in [5.41, 5.74) is 4.52. The maximum atomic E-state index is 11.0. The van der Waals surface area contributed by atoms with Gasteiger partial charge in [0.05, 0.1) is 18.3 Å². The Labute approximate surface area is 236 Å². The van der Waals surface area contributed by atoms with Gasteiger partial charge in [0, 0.05) is 42.6 Å². The second-order valence-corrected chi connectivity index (χ2v) is 8.58. The molecule has 0 bridgehead atoms. The number of carbonyl (C=O) groups is 1. The van der Waals surface area contributed by atoms with Gasteiger partial charge in [-0.2, -0.15) is 0 Å². The molecule has 10 heteroatoms. The molecule has 0 unspecified atom stereocenters. The fraction of sp³-hybridized carbons (Fsp3) is 0.231. The minimum Gasteiger partial charge on any atom is -0.549 e. The van der Waals surface area contributed by atoms with Gasteiger partial charge in [-0.1, -0.05) is 34.8 Å². The van der Waals surface area contributed by atoms with Crippen LogP contribution in [-0.4, -0.2) is 45.1 Å². The third-order valence-electron chi connectivity index (χ3n) is 5.33. The summed E-state index contributed by atoms with van der Waals surface area (Å²) in [7, 11) is 0. The molecule has 0 saturated heterocycles. The van der Waals surface area contributed by atoms with Crippen molar-refractivity contribution < 1.29 is 48.6 Å². The summed E-state index contributed by atoms with van der Waals surface area (Å²) in [6, 6.07) is 15.5. The number of benzene rings is 2. The number of ether oxygens (including phenoxy) is 1. The molecular formula is C26H25N4NaO4S. The number of aryl methyl sites for hydroxylation is 1. The zero-order valence-electron chi connectivity index (χ0n) is 20.3. The van der Waals surface area contributed by atoms with Crippen LogP contribution >= 0.6 is 11.5 Å². The molecule has 0 aliphatic rings. The fourth-order valence-electron chi connectivity index (χ4n) is 3.66. The van der Waals surface area contributed by atoms with Crippen LogP contribution in [0.25, 0.3) is 22.7 Å². The van der Waals surface area contributed by atoms with Crippen LogP contribution in [0.1, 0.15) is 17.0 Å². The van der Waals surface area contributed by atoms with Crippen LogP contribution in [0, 0.1) is 6.92 Å². The van der Waals surface area contributed by atoms with Gasteiger partial charge in [-0.05, 0) is 48.3 Å². The van der Waals surface area contributed by atoms with Crippen molar-refractivity contribution >= 4 is 17.5 Å². The Morgan fingerprint density at radius 3 is 2.69 bits per heavy atom. The van der Waals surface area contributed by atoms with Gasteiger partial charge in [0.2, 0.25) is 5.89 Å². The molecule has 0 aliphatic heterocycles. The van der Waals surface area contributed by atoms with E-state index in [0.29, 0.717) is 37.8 Å². The average Bonchev–Trinajstić information content (AvgIpc) is 3.50. The van der Waals surface area contributed by atoms with Crippen molar-refractivity contribution in [2.75, 3.05) is 19.7 Å². The summed E-state index contributed by atoms with van der Waals surface area (Å²) < 4.78 is 15.7. The molecule has 2 aromatic heterocycles. The van der Waals surface area contributed by atoms with E-state index in [-0.39, 0.29) is 36.1 Å². The molecule has 4 rings (SSSR count). The third-order valence-corrected chi connectivity index (χ3v) is 5.84. The van der Waals surface area contributed by atoms with Gasteiger partial charge in [-0.3, -0.25) is 4.90 Å². The third kappa shape index (κ3) is 7.59. The molecule has 4 aromatic rings. The van der Waals surface area contributed by atoms with Gasteiger partial charge in [-0.15, -0.1) is 11.7 Å². The molecule has 2 heterocycles. The number of hydrogen-bond donors (Lipinski definition) is 0. The number of carboxylic acid groups (broad SMARTS) is 1. The Kier molecular flexibility index (Phi) is 10.4. The number of oxazole rings is 1. The van der Waals surface area contributed by atoms with E-state index in [0.717, 1.165) is 33.8 Å². The molecule has 36 heavy (non-hydrogen) atoms. The molecule has 0 spiro atoms. The zero-order valence-corrected chi connectivity index (χ0v) is 23.2. The number of aliphatic carboxylic acids is 1. The van der Waals surface area contributed by atoms with Gasteiger partial charge < -0.3 is 19.1 Å². The van der Waals surface area contributed by atoms with Crippen molar-refractivity contribution in [3.63, 3.8) is 0 Å². The van der Waals surface area contributed by atoms with Crippen LogP contribution in [0.15, 0.2) is 71.0 Å². The Morgan fingerprint density at radius 1 is 1.22 bits per heavy atom. The minimum absolute atomic E-state index is 0. The van der Waals surface area contributed by atoms with Gasteiger partial charge in [-0.25, -0.2) is 4.98 Å². The second-order valence-electron chi connectivity index (χ2n) is 7.97. The van der Waals surface area contributed by atoms with E-state index in [1.807, 2.05) is 60.8 Å². The van der Waals surface area contributed by atoms with E-state index in [1.54, 1.807) is 11.0 Å². The maximum absolute atomic E-state index is 11.0. The topological polar surface area (TPSA) is 104 Å². The SMILES string of the molecule is C=CCN(CC(=O)[O-])Cc1cccc(OCCc2nc(-c3ccc(-c4csnn4)cc3)oc2C)c1.[Na+]. The molecule has 180 valence electrons. The number of rotatable bonds is 12. The first-order valence-corrected chi connectivity index (χ1v) is 11.9. The van der Waals surface area contributed by atoms with E-state index < -0.39 is 5.97 Å².